The molecule has 2 N–H and O–H groups in total. The second-order valence-corrected chi connectivity index (χ2v) is 6.58. The normalized spacial score (nSPS) is 11.1. The minimum Gasteiger partial charge on any atom is -0.354 e. The molecule has 0 saturated heterocycles. The number of pyridine rings is 1. The van der Waals surface area contributed by atoms with Gasteiger partial charge in [-0.3, -0.25) is 4.79 Å². The van der Waals surface area contributed by atoms with E-state index in [2.05, 4.69) is 47.7 Å². The summed E-state index contributed by atoms with van der Waals surface area (Å²) in [5.41, 5.74) is 3.90. The first kappa shape index (κ1) is 16.0. The molecule has 0 atom stereocenters. The Morgan fingerprint density at radius 2 is 1.82 bits per heavy atom. The van der Waals surface area contributed by atoms with Crippen LogP contribution in [0, 0.1) is 19.3 Å². The van der Waals surface area contributed by atoms with Crippen molar-refractivity contribution in [2.24, 2.45) is 5.41 Å². The maximum absolute atomic E-state index is 11.9. The molecule has 0 fully saturated rings. The summed E-state index contributed by atoms with van der Waals surface area (Å²) < 4.78 is 0. The Kier molecular flexibility index (Phi) is 4.50. The lowest BCUT2D eigenvalue weighted by molar-refractivity contribution is -0.123. The van der Waals surface area contributed by atoms with Crippen molar-refractivity contribution >= 4 is 23.1 Å². The average Bonchev–Trinajstić information content (AvgIpc) is 2.44. The fourth-order valence-corrected chi connectivity index (χ4v) is 1.87. The van der Waals surface area contributed by atoms with Gasteiger partial charge in [-0.25, -0.2) is 4.98 Å². The number of amides is 1. The van der Waals surface area contributed by atoms with E-state index < -0.39 is 5.41 Å². The van der Waals surface area contributed by atoms with Gasteiger partial charge in [-0.15, -0.1) is 0 Å². The molecule has 1 amide bonds. The molecule has 1 heterocycles. The van der Waals surface area contributed by atoms with E-state index in [0.717, 1.165) is 11.4 Å². The van der Waals surface area contributed by atoms with Gasteiger partial charge in [0.25, 0.3) is 0 Å². The number of hydrogen-bond acceptors (Lipinski definition) is 3. The monoisotopic (exact) mass is 297 g/mol. The van der Waals surface area contributed by atoms with Crippen molar-refractivity contribution in [3.05, 3.63) is 47.7 Å². The lowest BCUT2D eigenvalue weighted by Gasteiger charge is -2.17. The van der Waals surface area contributed by atoms with Gasteiger partial charge in [0.15, 0.2) is 0 Å². The van der Waals surface area contributed by atoms with E-state index in [1.807, 2.05) is 26.8 Å². The predicted octanol–water partition coefficient (Wildman–Crippen LogP) is 4.43. The minimum absolute atomic E-state index is 0.0461. The first-order valence-corrected chi connectivity index (χ1v) is 7.37. The lowest BCUT2D eigenvalue weighted by atomic mass is 9.96. The Morgan fingerprint density at radius 1 is 1.09 bits per heavy atom. The van der Waals surface area contributed by atoms with Crippen LogP contribution < -0.4 is 10.6 Å². The summed E-state index contributed by atoms with van der Waals surface area (Å²) in [5.74, 6) is 0.515. The molecule has 0 aliphatic rings. The topological polar surface area (TPSA) is 54.0 Å². The van der Waals surface area contributed by atoms with E-state index in [-0.39, 0.29) is 5.91 Å². The molecule has 1 aromatic carbocycles. The third kappa shape index (κ3) is 4.07. The fourth-order valence-electron chi connectivity index (χ4n) is 1.87. The van der Waals surface area contributed by atoms with Gasteiger partial charge < -0.3 is 10.6 Å². The van der Waals surface area contributed by atoms with Crippen LogP contribution in [0.2, 0.25) is 0 Å². The highest BCUT2D eigenvalue weighted by molar-refractivity contribution is 5.93. The maximum atomic E-state index is 11.9. The zero-order valence-corrected chi connectivity index (χ0v) is 13.8. The van der Waals surface area contributed by atoms with Crippen LogP contribution in [0.1, 0.15) is 31.9 Å². The van der Waals surface area contributed by atoms with E-state index in [1.165, 1.54) is 11.1 Å². The Bertz CT molecular complexity index is 670. The third-order valence-corrected chi connectivity index (χ3v) is 3.36. The van der Waals surface area contributed by atoms with E-state index in [0.29, 0.717) is 5.82 Å². The molecular weight excluding hydrogens is 274 g/mol. The van der Waals surface area contributed by atoms with Gasteiger partial charge in [0.1, 0.15) is 5.82 Å². The molecule has 0 aliphatic carbocycles. The van der Waals surface area contributed by atoms with Crippen molar-refractivity contribution in [3.63, 3.8) is 0 Å². The number of aryl methyl sites for hydroxylation is 2. The van der Waals surface area contributed by atoms with Crippen molar-refractivity contribution in [1.82, 2.24) is 4.98 Å². The molecule has 0 unspecified atom stereocenters. The number of anilines is 3. The van der Waals surface area contributed by atoms with Crippen molar-refractivity contribution in [2.75, 3.05) is 10.6 Å². The van der Waals surface area contributed by atoms with Crippen molar-refractivity contribution in [3.8, 4) is 0 Å². The van der Waals surface area contributed by atoms with Crippen LogP contribution in [0.15, 0.2) is 36.5 Å². The molecule has 4 nitrogen and oxygen atoms in total. The highest BCUT2D eigenvalue weighted by atomic mass is 16.2. The van der Waals surface area contributed by atoms with E-state index >= 15 is 0 Å². The number of benzene rings is 1. The Labute approximate surface area is 132 Å². The van der Waals surface area contributed by atoms with Gasteiger partial charge in [-0.1, -0.05) is 32.9 Å². The predicted molar refractivity (Wildman–Crippen MR) is 91.5 cm³/mol. The first-order chi connectivity index (χ1) is 10.3. The highest BCUT2D eigenvalue weighted by Crippen LogP contribution is 2.22. The zero-order valence-electron chi connectivity index (χ0n) is 13.8. The molecular formula is C18H23N3O. The Hall–Kier alpha value is -2.36. The number of carbonyl (C=O) groups excluding carboxylic acids is 1. The van der Waals surface area contributed by atoms with Crippen LogP contribution in [0.25, 0.3) is 0 Å². The number of carbonyl (C=O) groups is 1. The number of rotatable bonds is 3. The Balaban J connectivity index is 2.09. The average molecular weight is 297 g/mol. The fraction of sp³-hybridized carbons (Fsp3) is 0.333. The smallest absolute Gasteiger partial charge is 0.230 e. The second-order valence-electron chi connectivity index (χ2n) is 6.58. The van der Waals surface area contributed by atoms with E-state index in [9.17, 15) is 4.79 Å². The summed E-state index contributed by atoms with van der Waals surface area (Å²) in [6, 6.07) is 9.99. The molecule has 4 heteroatoms. The largest absolute Gasteiger partial charge is 0.354 e. The van der Waals surface area contributed by atoms with Gasteiger partial charge in [-0.05, 0) is 43.2 Å². The second kappa shape index (κ2) is 6.18. The summed E-state index contributed by atoms with van der Waals surface area (Å²) in [4.78, 5) is 16.2. The first-order valence-electron chi connectivity index (χ1n) is 7.37. The molecule has 0 spiro atoms. The van der Waals surface area contributed by atoms with Crippen LogP contribution in [0.4, 0.5) is 17.2 Å². The van der Waals surface area contributed by atoms with Crippen molar-refractivity contribution in [1.29, 1.82) is 0 Å². The molecule has 2 rings (SSSR count). The summed E-state index contributed by atoms with van der Waals surface area (Å²) in [6.07, 6.45) is 1.72. The highest BCUT2D eigenvalue weighted by Gasteiger charge is 2.21. The standard InChI is InChI=1S/C18H23N3O/c1-12-6-7-13(2)15(10-12)20-14-8-9-16(19-11-14)21-17(22)18(3,4)5/h6-11,20H,1-5H3,(H,19,21,22). The van der Waals surface area contributed by atoms with Gasteiger partial charge >= 0.3 is 0 Å². The van der Waals surface area contributed by atoms with Gasteiger partial charge in [0, 0.05) is 11.1 Å². The third-order valence-electron chi connectivity index (χ3n) is 3.36. The number of nitrogens with zero attached hydrogens (tertiary/aromatic N) is 1. The molecule has 2 aromatic rings. The SMILES string of the molecule is Cc1ccc(C)c(Nc2ccc(NC(=O)C(C)(C)C)nc2)c1. The minimum atomic E-state index is -0.433. The molecule has 0 bridgehead atoms. The van der Waals surface area contributed by atoms with Gasteiger partial charge in [0.2, 0.25) is 5.91 Å². The molecule has 116 valence electrons. The van der Waals surface area contributed by atoms with Crippen LogP contribution >= 0.6 is 0 Å². The van der Waals surface area contributed by atoms with Gasteiger partial charge in [0.05, 0.1) is 11.9 Å². The lowest BCUT2D eigenvalue weighted by Crippen LogP contribution is -2.27. The summed E-state index contributed by atoms with van der Waals surface area (Å²) in [5, 5.41) is 6.16. The molecule has 22 heavy (non-hydrogen) atoms. The van der Waals surface area contributed by atoms with Crippen LogP contribution in [0.5, 0.6) is 0 Å². The zero-order chi connectivity index (χ0) is 16.3. The maximum Gasteiger partial charge on any atom is 0.230 e. The summed E-state index contributed by atoms with van der Waals surface area (Å²) >= 11 is 0. The van der Waals surface area contributed by atoms with Crippen LogP contribution in [-0.2, 0) is 4.79 Å². The van der Waals surface area contributed by atoms with Crippen molar-refractivity contribution in [2.45, 2.75) is 34.6 Å². The van der Waals surface area contributed by atoms with Gasteiger partial charge in [-0.2, -0.15) is 0 Å². The number of hydrogen-bond donors (Lipinski definition) is 2. The molecule has 0 aliphatic heterocycles. The van der Waals surface area contributed by atoms with Crippen molar-refractivity contribution < 1.29 is 4.79 Å². The number of nitrogens with one attached hydrogen (secondary N) is 2. The van der Waals surface area contributed by atoms with E-state index in [1.54, 1.807) is 12.3 Å². The molecule has 0 radical (unpaired) electrons. The van der Waals surface area contributed by atoms with E-state index in [4.69, 9.17) is 0 Å². The Morgan fingerprint density at radius 3 is 2.41 bits per heavy atom. The quantitative estimate of drug-likeness (QED) is 0.881. The summed E-state index contributed by atoms with van der Waals surface area (Å²) in [6.45, 7) is 9.75. The number of aromatic nitrogens is 1. The van der Waals surface area contributed by atoms with Crippen LogP contribution in [-0.4, -0.2) is 10.9 Å². The van der Waals surface area contributed by atoms with Crippen LogP contribution in [0.3, 0.4) is 0 Å². The molecule has 1 aromatic heterocycles. The molecule has 0 saturated carbocycles. The summed E-state index contributed by atoms with van der Waals surface area (Å²) in [7, 11) is 0.